The van der Waals surface area contributed by atoms with Crippen molar-refractivity contribution in [1.82, 2.24) is 12.9 Å². The van der Waals surface area contributed by atoms with Crippen LogP contribution in [0.2, 0.25) is 0 Å². The summed E-state index contributed by atoms with van der Waals surface area (Å²) < 4.78 is 89.3. The smallest absolute Gasteiger partial charge is 0.243 e. The normalized spacial score (nSPS) is 12.0. The highest BCUT2D eigenvalue weighted by Gasteiger charge is 2.32. The van der Waals surface area contributed by atoms with Gasteiger partial charge in [-0.05, 0) is 80.1 Å². The molecular formula is C45H43N3O8S3. The lowest BCUT2D eigenvalue weighted by Gasteiger charge is -2.29. The van der Waals surface area contributed by atoms with E-state index in [2.05, 4.69) is 11.8 Å². The van der Waals surface area contributed by atoms with Crippen LogP contribution in [0.25, 0.3) is 0 Å². The Bertz CT molecular complexity index is 2570. The largest absolute Gasteiger partial charge is 0.279 e. The van der Waals surface area contributed by atoms with E-state index in [1.807, 2.05) is 13.8 Å². The number of carbonyl (C=O) groups is 2. The number of aryl methyl sites for hydroxylation is 3. The zero-order valence-electron chi connectivity index (χ0n) is 32.8. The number of ketones is 2. The molecule has 0 aliphatic heterocycles. The molecule has 5 aromatic rings. The van der Waals surface area contributed by atoms with Gasteiger partial charge in [0.05, 0.1) is 14.7 Å². The summed E-state index contributed by atoms with van der Waals surface area (Å²) in [5.74, 6) is 3.03. The predicted octanol–water partition coefficient (Wildman–Crippen LogP) is 6.02. The highest BCUT2D eigenvalue weighted by molar-refractivity contribution is 7.89. The van der Waals surface area contributed by atoms with Crippen LogP contribution in [0.5, 0.6) is 0 Å². The van der Waals surface area contributed by atoms with E-state index in [0.29, 0.717) is 11.1 Å². The lowest BCUT2D eigenvalue weighted by molar-refractivity contribution is 0.104. The number of hydrogen-bond donors (Lipinski definition) is 0. The van der Waals surface area contributed by atoms with Crippen LogP contribution in [0.3, 0.4) is 0 Å². The molecule has 0 heterocycles. The van der Waals surface area contributed by atoms with Crippen molar-refractivity contribution >= 4 is 41.6 Å². The maximum atomic E-state index is 14.5. The van der Waals surface area contributed by atoms with Crippen LogP contribution in [0.4, 0.5) is 0 Å². The van der Waals surface area contributed by atoms with Gasteiger partial charge in [0, 0.05) is 50.4 Å². The zero-order valence-corrected chi connectivity index (χ0v) is 35.2. The van der Waals surface area contributed by atoms with Crippen molar-refractivity contribution in [3.63, 3.8) is 0 Å². The van der Waals surface area contributed by atoms with Gasteiger partial charge in [0.2, 0.25) is 41.6 Å². The second kappa shape index (κ2) is 18.9. The molecule has 0 spiro atoms. The third kappa shape index (κ3) is 10.9. The number of Topliss-reactive ketones (excluding diaryl/α,β-unsaturated/α-hetero) is 2. The third-order valence-corrected chi connectivity index (χ3v) is 15.2. The van der Waals surface area contributed by atoms with Crippen molar-refractivity contribution in [3.8, 4) is 24.7 Å². The first-order valence-electron chi connectivity index (χ1n) is 18.4. The molecule has 14 heteroatoms. The second-order valence-corrected chi connectivity index (χ2v) is 19.7. The summed E-state index contributed by atoms with van der Waals surface area (Å²) in [6.07, 6.45) is 10.5. The van der Waals surface area contributed by atoms with Gasteiger partial charge in [-0.1, -0.05) is 102 Å². The molecule has 304 valence electrons. The summed E-state index contributed by atoms with van der Waals surface area (Å²) >= 11 is 0. The number of sulfonamides is 3. The molecule has 0 bridgehead atoms. The molecule has 5 rings (SSSR count). The molecule has 11 nitrogen and oxygen atoms in total. The molecule has 0 unspecified atom stereocenters. The van der Waals surface area contributed by atoms with Crippen LogP contribution in [0.15, 0.2) is 136 Å². The Kier molecular flexibility index (Phi) is 14.2. The number of rotatable bonds is 18. The van der Waals surface area contributed by atoms with Crippen molar-refractivity contribution in [1.29, 1.82) is 0 Å². The maximum Gasteiger partial charge on any atom is 0.243 e. The SMILES string of the molecule is C#CC(=O)c1ccc(CN(CCN(CCN(Cc2ccc(C(=O)C#C)cc2)S(=O)(=O)c2ccc(C)cc2)S(=O)(=O)c2ccc(C)cc2)S(=O)(=O)c2ccc(C)cc2)cc1. The summed E-state index contributed by atoms with van der Waals surface area (Å²) in [5, 5.41) is 0. The summed E-state index contributed by atoms with van der Waals surface area (Å²) in [7, 11) is -12.8. The van der Waals surface area contributed by atoms with E-state index in [1.54, 1.807) is 67.6 Å². The average Bonchev–Trinajstić information content (AvgIpc) is 3.22. The third-order valence-electron chi connectivity index (χ3n) is 9.59. The van der Waals surface area contributed by atoms with E-state index in [4.69, 9.17) is 12.8 Å². The van der Waals surface area contributed by atoms with E-state index in [0.717, 1.165) is 29.6 Å². The van der Waals surface area contributed by atoms with Crippen molar-refractivity contribution < 1.29 is 34.8 Å². The Balaban J connectivity index is 1.53. The van der Waals surface area contributed by atoms with Gasteiger partial charge >= 0.3 is 0 Å². The van der Waals surface area contributed by atoms with E-state index >= 15 is 0 Å². The number of nitrogens with zero attached hydrogens (tertiary/aromatic N) is 3. The summed E-state index contributed by atoms with van der Waals surface area (Å²) in [6, 6.07) is 30.9. The minimum atomic E-state index is -4.34. The van der Waals surface area contributed by atoms with Crippen molar-refractivity contribution in [2.75, 3.05) is 26.2 Å². The Labute approximate surface area is 347 Å². The van der Waals surface area contributed by atoms with Gasteiger partial charge in [0.25, 0.3) is 0 Å². The standard InChI is InChI=1S/C45H43N3O8S3/c1-6-44(49)39-18-14-37(15-19-39)32-47(58(53,54)42-24-10-35(4)11-25-42)30-28-46(57(51,52)41-22-8-34(3)9-23-41)29-31-48(59(55,56)43-26-12-36(5)13-27-43)33-38-16-20-40(21-17-38)45(50)7-2/h1-2,8-27H,28-33H2,3-5H3. The molecule has 0 aliphatic carbocycles. The number of terminal acetylenes is 2. The Hall–Kier alpha value is -5.71. The van der Waals surface area contributed by atoms with Gasteiger partial charge in [-0.25, -0.2) is 25.3 Å². The monoisotopic (exact) mass is 849 g/mol. The van der Waals surface area contributed by atoms with Crippen LogP contribution < -0.4 is 0 Å². The minimum absolute atomic E-state index is 0.0134. The fourth-order valence-corrected chi connectivity index (χ4v) is 10.3. The van der Waals surface area contributed by atoms with Gasteiger partial charge in [0.1, 0.15) is 0 Å². The molecule has 0 amide bonds. The summed E-state index contributed by atoms with van der Waals surface area (Å²) in [4.78, 5) is 24.1. The number of benzene rings is 5. The Morgan fingerprint density at radius 1 is 0.424 bits per heavy atom. The molecular weight excluding hydrogens is 807 g/mol. The Morgan fingerprint density at radius 2 is 0.678 bits per heavy atom. The van der Waals surface area contributed by atoms with Gasteiger partial charge in [-0.2, -0.15) is 12.9 Å². The van der Waals surface area contributed by atoms with E-state index in [1.165, 1.54) is 60.7 Å². The molecule has 0 fully saturated rings. The van der Waals surface area contributed by atoms with Crippen LogP contribution in [-0.2, 0) is 43.2 Å². The molecule has 5 aromatic carbocycles. The van der Waals surface area contributed by atoms with Gasteiger partial charge < -0.3 is 0 Å². The first-order chi connectivity index (χ1) is 27.9. The van der Waals surface area contributed by atoms with Crippen LogP contribution >= 0.6 is 0 Å². The molecule has 0 N–H and O–H groups in total. The van der Waals surface area contributed by atoms with E-state index < -0.39 is 41.6 Å². The first-order valence-corrected chi connectivity index (χ1v) is 22.7. The van der Waals surface area contributed by atoms with Crippen molar-refractivity contribution in [2.45, 2.75) is 48.5 Å². The summed E-state index contributed by atoms with van der Waals surface area (Å²) in [5.41, 5.74) is 4.00. The van der Waals surface area contributed by atoms with Crippen LogP contribution in [0.1, 0.15) is 48.5 Å². The molecule has 0 atom stereocenters. The molecule has 0 saturated carbocycles. The topological polar surface area (TPSA) is 146 Å². The number of hydrogen-bond acceptors (Lipinski definition) is 8. The van der Waals surface area contributed by atoms with Crippen molar-refractivity contribution in [2.24, 2.45) is 0 Å². The summed E-state index contributed by atoms with van der Waals surface area (Å²) in [6.45, 7) is 3.67. The average molecular weight is 850 g/mol. The van der Waals surface area contributed by atoms with E-state index in [9.17, 15) is 34.8 Å². The quantitative estimate of drug-likeness (QED) is 0.0592. The molecule has 0 saturated heterocycles. The van der Waals surface area contributed by atoms with E-state index in [-0.39, 0.29) is 65.1 Å². The predicted molar refractivity (Wildman–Crippen MR) is 227 cm³/mol. The lowest BCUT2D eigenvalue weighted by Crippen LogP contribution is -2.44. The second-order valence-electron chi connectivity index (χ2n) is 13.9. The molecule has 0 aliphatic rings. The van der Waals surface area contributed by atoms with Gasteiger partial charge in [-0.15, -0.1) is 12.8 Å². The number of carbonyl (C=O) groups excluding carboxylic acids is 2. The lowest BCUT2D eigenvalue weighted by atomic mass is 10.1. The van der Waals surface area contributed by atoms with Crippen LogP contribution in [0, 0.1) is 45.5 Å². The first kappa shape index (κ1) is 44.4. The zero-order chi connectivity index (χ0) is 43.0. The fourth-order valence-electron chi connectivity index (χ4n) is 6.04. The van der Waals surface area contributed by atoms with Gasteiger partial charge in [-0.3, -0.25) is 9.59 Å². The van der Waals surface area contributed by atoms with Crippen molar-refractivity contribution in [3.05, 3.63) is 160 Å². The maximum absolute atomic E-state index is 14.5. The van der Waals surface area contributed by atoms with Crippen LogP contribution in [-0.4, -0.2) is 75.9 Å². The fraction of sp³-hybridized carbons (Fsp3) is 0.200. The highest BCUT2D eigenvalue weighted by atomic mass is 32.2. The molecule has 0 radical (unpaired) electrons. The van der Waals surface area contributed by atoms with Gasteiger partial charge in [0.15, 0.2) is 0 Å². The minimum Gasteiger partial charge on any atom is -0.279 e. The Morgan fingerprint density at radius 3 is 0.949 bits per heavy atom. The molecule has 0 aromatic heterocycles. The molecule has 59 heavy (non-hydrogen) atoms. The highest BCUT2D eigenvalue weighted by Crippen LogP contribution is 2.24.